The van der Waals surface area contributed by atoms with Crippen molar-refractivity contribution in [3.05, 3.63) is 34.0 Å². The number of nitriles is 1. The molecular weight excluding hydrogens is 248 g/mol. The summed E-state index contributed by atoms with van der Waals surface area (Å²) < 4.78 is 7.06. The summed E-state index contributed by atoms with van der Waals surface area (Å²) in [6, 6.07) is 6.18. The third-order valence-electron chi connectivity index (χ3n) is 3.32. The lowest BCUT2D eigenvalue weighted by Crippen LogP contribution is -2.05. The molecule has 3 nitrogen and oxygen atoms in total. The summed E-state index contributed by atoms with van der Waals surface area (Å²) in [6.07, 6.45) is 0. The molecule has 2 aromatic rings. The zero-order chi connectivity index (χ0) is 13.3. The van der Waals surface area contributed by atoms with E-state index in [-0.39, 0.29) is 0 Å². The molecule has 0 radical (unpaired) electrons. The summed E-state index contributed by atoms with van der Waals surface area (Å²) in [5.74, 6) is 0. The van der Waals surface area contributed by atoms with Crippen LogP contribution in [0.2, 0.25) is 5.15 Å². The molecular formula is C14H15ClN2O. The lowest BCUT2D eigenvalue weighted by atomic mass is 10.1. The largest absolute Gasteiger partial charge is 0.383 e. The van der Waals surface area contributed by atoms with Gasteiger partial charge >= 0.3 is 0 Å². The number of hydrogen-bond acceptors (Lipinski definition) is 2. The first-order chi connectivity index (χ1) is 8.61. The lowest BCUT2D eigenvalue weighted by Gasteiger charge is -2.09. The predicted octanol–water partition coefficient (Wildman–Crippen LogP) is 3.43. The highest BCUT2D eigenvalue weighted by Crippen LogP contribution is 2.32. The Morgan fingerprint density at radius 2 is 2.11 bits per heavy atom. The fraction of sp³-hybridized carbons (Fsp3) is 0.357. The first-order valence-electron chi connectivity index (χ1n) is 5.78. The first-order valence-corrected chi connectivity index (χ1v) is 6.16. The van der Waals surface area contributed by atoms with Crippen LogP contribution in [-0.2, 0) is 11.3 Å². The topological polar surface area (TPSA) is 38.0 Å². The molecule has 0 aliphatic carbocycles. The van der Waals surface area contributed by atoms with E-state index in [1.54, 1.807) is 7.11 Å². The monoisotopic (exact) mass is 262 g/mol. The van der Waals surface area contributed by atoms with E-state index in [1.807, 2.05) is 16.7 Å². The number of ether oxygens (including phenoxy) is 1. The molecule has 0 aliphatic rings. The number of halogens is 1. The van der Waals surface area contributed by atoms with Crippen LogP contribution >= 0.6 is 11.6 Å². The molecule has 1 aromatic heterocycles. The van der Waals surface area contributed by atoms with Crippen LogP contribution in [0.4, 0.5) is 0 Å². The zero-order valence-corrected chi connectivity index (χ0v) is 11.5. The van der Waals surface area contributed by atoms with Gasteiger partial charge in [0, 0.05) is 19.0 Å². The molecule has 0 saturated carbocycles. The molecule has 1 heterocycles. The number of methoxy groups -OCH3 is 1. The van der Waals surface area contributed by atoms with Gasteiger partial charge in [-0.2, -0.15) is 5.26 Å². The molecule has 0 unspecified atom stereocenters. The van der Waals surface area contributed by atoms with E-state index in [2.05, 4.69) is 19.9 Å². The minimum absolute atomic E-state index is 0.498. The number of rotatable bonds is 3. The van der Waals surface area contributed by atoms with Crippen LogP contribution in [0.5, 0.6) is 0 Å². The van der Waals surface area contributed by atoms with Crippen LogP contribution in [0.1, 0.15) is 16.7 Å². The van der Waals surface area contributed by atoms with Crippen molar-refractivity contribution in [2.24, 2.45) is 0 Å². The second-order valence-electron chi connectivity index (χ2n) is 4.33. The van der Waals surface area contributed by atoms with Gasteiger partial charge in [-0.3, -0.25) is 0 Å². The van der Waals surface area contributed by atoms with Crippen molar-refractivity contribution in [3.63, 3.8) is 0 Å². The molecule has 0 amide bonds. The van der Waals surface area contributed by atoms with Crippen LogP contribution < -0.4 is 0 Å². The molecule has 18 heavy (non-hydrogen) atoms. The van der Waals surface area contributed by atoms with E-state index in [9.17, 15) is 5.26 Å². The van der Waals surface area contributed by atoms with Crippen LogP contribution in [0, 0.1) is 25.2 Å². The Labute approximate surface area is 112 Å². The van der Waals surface area contributed by atoms with Crippen LogP contribution in [-0.4, -0.2) is 18.3 Å². The van der Waals surface area contributed by atoms with Gasteiger partial charge in [0.2, 0.25) is 0 Å². The predicted molar refractivity (Wildman–Crippen MR) is 73.0 cm³/mol. The van der Waals surface area contributed by atoms with Crippen molar-refractivity contribution in [3.8, 4) is 6.07 Å². The van der Waals surface area contributed by atoms with Crippen molar-refractivity contribution >= 4 is 22.5 Å². The highest BCUT2D eigenvalue weighted by atomic mass is 35.5. The lowest BCUT2D eigenvalue weighted by molar-refractivity contribution is 0.188. The van der Waals surface area contributed by atoms with Gasteiger partial charge in [-0.25, -0.2) is 0 Å². The Morgan fingerprint density at radius 1 is 1.39 bits per heavy atom. The summed E-state index contributed by atoms with van der Waals surface area (Å²) in [5, 5.41) is 10.7. The maximum atomic E-state index is 9.24. The molecule has 4 heteroatoms. The second-order valence-corrected chi connectivity index (χ2v) is 4.68. The second kappa shape index (κ2) is 5.01. The number of aryl methyl sites for hydroxylation is 2. The summed E-state index contributed by atoms with van der Waals surface area (Å²) in [7, 11) is 1.66. The standard InChI is InChI=1S/C14H15ClN2O/c1-9-4-5-11-12(8-16)14(15)17(6-7-18-3)13(11)10(9)2/h4-5H,6-7H2,1-3H3. The fourth-order valence-electron chi connectivity index (χ4n) is 2.19. The van der Waals surface area contributed by atoms with Gasteiger partial charge in [0.05, 0.1) is 17.7 Å². The van der Waals surface area contributed by atoms with Crippen molar-refractivity contribution < 1.29 is 4.74 Å². The quantitative estimate of drug-likeness (QED) is 0.850. The molecule has 0 fully saturated rings. The van der Waals surface area contributed by atoms with Gasteiger partial charge in [-0.1, -0.05) is 23.7 Å². The molecule has 0 spiro atoms. The minimum atomic E-state index is 0.498. The Hall–Kier alpha value is -1.50. The van der Waals surface area contributed by atoms with Crippen molar-refractivity contribution in [2.75, 3.05) is 13.7 Å². The average Bonchev–Trinajstić information content (AvgIpc) is 2.64. The summed E-state index contributed by atoms with van der Waals surface area (Å²) in [6.45, 7) is 5.33. The fourth-order valence-corrected chi connectivity index (χ4v) is 2.51. The third kappa shape index (κ3) is 1.88. The molecule has 0 aliphatic heterocycles. The normalized spacial score (nSPS) is 10.8. The van der Waals surface area contributed by atoms with Crippen LogP contribution in [0.3, 0.4) is 0 Å². The van der Waals surface area contributed by atoms with E-state index in [1.165, 1.54) is 5.56 Å². The maximum Gasteiger partial charge on any atom is 0.128 e. The van der Waals surface area contributed by atoms with Gasteiger partial charge < -0.3 is 9.30 Å². The Balaban J connectivity index is 2.79. The zero-order valence-electron chi connectivity index (χ0n) is 10.7. The summed E-state index contributed by atoms with van der Waals surface area (Å²) in [4.78, 5) is 0. The molecule has 94 valence electrons. The van der Waals surface area contributed by atoms with Gasteiger partial charge in [0.25, 0.3) is 0 Å². The average molecular weight is 263 g/mol. The van der Waals surface area contributed by atoms with E-state index in [0.29, 0.717) is 23.9 Å². The van der Waals surface area contributed by atoms with Gasteiger partial charge in [-0.15, -0.1) is 0 Å². The number of hydrogen-bond donors (Lipinski definition) is 0. The highest BCUT2D eigenvalue weighted by molar-refractivity contribution is 6.32. The molecule has 0 saturated heterocycles. The first kappa shape index (κ1) is 12.9. The maximum absolute atomic E-state index is 9.24. The van der Waals surface area contributed by atoms with E-state index < -0.39 is 0 Å². The number of fused-ring (bicyclic) bond motifs is 1. The van der Waals surface area contributed by atoms with Crippen molar-refractivity contribution in [2.45, 2.75) is 20.4 Å². The Bertz CT molecular complexity index is 638. The number of aromatic nitrogens is 1. The SMILES string of the molecule is COCCn1c(Cl)c(C#N)c2ccc(C)c(C)c21. The molecule has 0 atom stereocenters. The van der Waals surface area contributed by atoms with Crippen molar-refractivity contribution in [1.82, 2.24) is 4.57 Å². The summed E-state index contributed by atoms with van der Waals surface area (Å²) >= 11 is 6.30. The van der Waals surface area contributed by atoms with Gasteiger partial charge in [-0.05, 0) is 25.0 Å². The van der Waals surface area contributed by atoms with E-state index >= 15 is 0 Å². The molecule has 0 N–H and O–H groups in total. The van der Waals surface area contributed by atoms with Gasteiger partial charge in [0.15, 0.2) is 0 Å². The molecule has 1 aromatic carbocycles. The molecule has 0 bridgehead atoms. The van der Waals surface area contributed by atoms with Gasteiger partial charge in [0.1, 0.15) is 11.2 Å². The minimum Gasteiger partial charge on any atom is -0.383 e. The summed E-state index contributed by atoms with van der Waals surface area (Å²) in [5.41, 5.74) is 3.94. The van der Waals surface area contributed by atoms with Crippen molar-refractivity contribution in [1.29, 1.82) is 5.26 Å². The van der Waals surface area contributed by atoms with E-state index in [0.717, 1.165) is 16.5 Å². The number of nitrogens with zero attached hydrogens (tertiary/aromatic N) is 2. The Kier molecular flexibility index (Phi) is 3.60. The van der Waals surface area contributed by atoms with Crippen LogP contribution in [0.15, 0.2) is 12.1 Å². The third-order valence-corrected chi connectivity index (χ3v) is 3.71. The Morgan fingerprint density at radius 3 is 2.72 bits per heavy atom. The van der Waals surface area contributed by atoms with Crippen LogP contribution in [0.25, 0.3) is 10.9 Å². The smallest absolute Gasteiger partial charge is 0.128 e. The number of benzene rings is 1. The highest BCUT2D eigenvalue weighted by Gasteiger charge is 2.17. The molecule has 2 rings (SSSR count). The van der Waals surface area contributed by atoms with E-state index in [4.69, 9.17) is 16.3 Å².